The molecule has 0 atom stereocenters. The van der Waals surface area contributed by atoms with Crippen molar-refractivity contribution in [2.75, 3.05) is 10.6 Å². The number of amides is 4. The first kappa shape index (κ1) is 34.1. The molecule has 0 saturated heterocycles. The number of carbonyl (C=O) groups excluding carboxylic acids is 4. The second kappa shape index (κ2) is 13.5. The largest absolute Gasteiger partial charge is 0.442 e. The molecule has 3 aromatic rings. The van der Waals surface area contributed by atoms with E-state index >= 15 is 0 Å². The SMILES string of the molecule is CC(C)(C)OC(=O)N=C(c1cccc(NC(=O)c2sccc2NC(=O)c2ccc(C(C)(C)C)cc2)c1)N(C=O)OC(C)(C)C. The minimum absolute atomic E-state index is 0.0432. The van der Waals surface area contributed by atoms with E-state index in [1.54, 1.807) is 89.4 Å². The Hall–Kier alpha value is -4.35. The molecule has 0 unspecified atom stereocenters. The molecule has 44 heavy (non-hydrogen) atoms. The van der Waals surface area contributed by atoms with E-state index in [2.05, 4.69) is 36.4 Å². The van der Waals surface area contributed by atoms with Crippen LogP contribution in [0, 0.1) is 0 Å². The number of rotatable bonds is 7. The summed E-state index contributed by atoms with van der Waals surface area (Å²) in [7, 11) is 0. The molecule has 0 aliphatic carbocycles. The maximum Gasteiger partial charge on any atom is 0.436 e. The fourth-order valence-corrected chi connectivity index (χ4v) is 4.59. The van der Waals surface area contributed by atoms with Gasteiger partial charge >= 0.3 is 6.09 Å². The van der Waals surface area contributed by atoms with Crippen molar-refractivity contribution < 1.29 is 28.8 Å². The van der Waals surface area contributed by atoms with Crippen LogP contribution in [0.25, 0.3) is 0 Å². The standard InChI is InChI=1S/C33H40N4O6S/c1-31(2,3)23-15-13-21(14-16-23)28(39)35-25-17-18-44-26(25)29(40)34-24-12-10-11-22(19-24)27(36-30(41)42-32(4,5)6)37(20-38)43-33(7,8)9/h10-20H,1-9H3,(H,34,40)(H,35,39). The van der Waals surface area contributed by atoms with Gasteiger partial charge in [-0.15, -0.1) is 11.3 Å². The van der Waals surface area contributed by atoms with Gasteiger partial charge in [-0.1, -0.05) is 45.0 Å². The van der Waals surface area contributed by atoms with Crippen molar-refractivity contribution >= 4 is 52.9 Å². The Bertz CT molecular complexity index is 1540. The number of hydrogen-bond donors (Lipinski definition) is 2. The number of anilines is 2. The number of hydrogen-bond acceptors (Lipinski definition) is 7. The molecule has 11 heteroatoms. The first-order valence-corrected chi connectivity index (χ1v) is 14.9. The van der Waals surface area contributed by atoms with Crippen molar-refractivity contribution in [2.45, 2.75) is 78.9 Å². The first-order chi connectivity index (χ1) is 20.4. The second-order valence-corrected chi connectivity index (χ2v) is 13.9. The van der Waals surface area contributed by atoms with Gasteiger partial charge in [-0.05, 0) is 88.2 Å². The summed E-state index contributed by atoms with van der Waals surface area (Å²) in [6.07, 6.45) is -0.518. The first-order valence-electron chi connectivity index (χ1n) is 14.0. The van der Waals surface area contributed by atoms with E-state index < -0.39 is 23.2 Å². The number of nitrogens with zero attached hydrogens (tertiary/aromatic N) is 2. The van der Waals surface area contributed by atoms with Crippen LogP contribution < -0.4 is 10.6 Å². The molecule has 234 valence electrons. The molecule has 3 rings (SSSR count). The minimum Gasteiger partial charge on any atom is -0.442 e. The van der Waals surface area contributed by atoms with E-state index in [1.807, 2.05) is 12.1 Å². The number of carbonyl (C=O) groups is 4. The maximum atomic E-state index is 13.3. The Balaban J connectivity index is 1.85. The summed E-state index contributed by atoms with van der Waals surface area (Å²) in [5.41, 5.74) is 0.949. The molecular weight excluding hydrogens is 580 g/mol. The summed E-state index contributed by atoms with van der Waals surface area (Å²) in [6, 6.07) is 15.5. The van der Waals surface area contributed by atoms with Gasteiger partial charge in [0.15, 0.2) is 5.84 Å². The number of amidine groups is 1. The quantitative estimate of drug-likeness (QED) is 0.123. The lowest BCUT2D eigenvalue weighted by Crippen LogP contribution is -2.38. The number of benzene rings is 2. The molecule has 0 aliphatic heterocycles. The van der Waals surface area contributed by atoms with Crippen molar-refractivity contribution in [2.24, 2.45) is 4.99 Å². The third-order valence-electron chi connectivity index (χ3n) is 5.78. The van der Waals surface area contributed by atoms with E-state index in [0.717, 1.165) is 10.6 Å². The Morgan fingerprint density at radius 1 is 0.818 bits per heavy atom. The highest BCUT2D eigenvalue weighted by atomic mass is 32.1. The van der Waals surface area contributed by atoms with Gasteiger partial charge in [0.05, 0.1) is 11.3 Å². The molecule has 2 N–H and O–H groups in total. The Morgan fingerprint density at radius 3 is 2.05 bits per heavy atom. The molecule has 10 nitrogen and oxygen atoms in total. The highest BCUT2D eigenvalue weighted by molar-refractivity contribution is 7.12. The summed E-state index contributed by atoms with van der Waals surface area (Å²) < 4.78 is 5.33. The number of aliphatic imine (C=N–C) groups is 1. The minimum atomic E-state index is -0.918. The van der Waals surface area contributed by atoms with Gasteiger partial charge in [0.1, 0.15) is 10.5 Å². The van der Waals surface area contributed by atoms with Gasteiger partial charge < -0.3 is 15.4 Å². The number of nitrogens with one attached hydrogen (secondary N) is 2. The Kier molecular flexibility index (Phi) is 10.5. The zero-order valence-corrected chi connectivity index (χ0v) is 27.4. The lowest BCUT2D eigenvalue weighted by atomic mass is 9.87. The van der Waals surface area contributed by atoms with Crippen LogP contribution >= 0.6 is 11.3 Å². The third kappa shape index (κ3) is 9.85. The van der Waals surface area contributed by atoms with Gasteiger partial charge in [-0.3, -0.25) is 19.2 Å². The molecular formula is C33H40N4O6S. The molecule has 0 aliphatic rings. The zero-order valence-electron chi connectivity index (χ0n) is 26.6. The monoisotopic (exact) mass is 620 g/mol. The van der Waals surface area contributed by atoms with Gasteiger partial charge in [-0.2, -0.15) is 10.1 Å². The smallest absolute Gasteiger partial charge is 0.436 e. The molecule has 2 aromatic carbocycles. The van der Waals surface area contributed by atoms with E-state index in [1.165, 1.54) is 11.3 Å². The van der Waals surface area contributed by atoms with Crippen molar-refractivity contribution in [3.63, 3.8) is 0 Å². The Labute approximate surface area is 262 Å². The molecule has 1 heterocycles. The highest BCUT2D eigenvalue weighted by Crippen LogP contribution is 2.26. The zero-order chi connectivity index (χ0) is 32.9. The third-order valence-corrected chi connectivity index (χ3v) is 6.69. The van der Waals surface area contributed by atoms with Crippen LogP contribution in [0.15, 0.2) is 65.0 Å². The molecule has 0 spiro atoms. The number of hydroxylamine groups is 2. The van der Waals surface area contributed by atoms with E-state index in [0.29, 0.717) is 33.8 Å². The predicted octanol–water partition coefficient (Wildman–Crippen LogP) is 7.42. The molecule has 0 bridgehead atoms. The van der Waals surface area contributed by atoms with E-state index in [-0.39, 0.29) is 17.2 Å². The van der Waals surface area contributed by atoms with Crippen LogP contribution in [-0.2, 0) is 19.8 Å². The van der Waals surface area contributed by atoms with Gasteiger partial charge in [0, 0.05) is 16.8 Å². The summed E-state index contributed by atoms with van der Waals surface area (Å²) in [5, 5.41) is 8.20. The average molecular weight is 621 g/mol. The lowest BCUT2D eigenvalue weighted by molar-refractivity contribution is -0.183. The number of thiophene rings is 1. The molecule has 4 amide bonds. The molecule has 0 saturated carbocycles. The second-order valence-electron chi connectivity index (χ2n) is 13.0. The van der Waals surface area contributed by atoms with Crippen LogP contribution in [0.5, 0.6) is 0 Å². The van der Waals surface area contributed by atoms with Crippen LogP contribution in [0.2, 0.25) is 0 Å². The van der Waals surface area contributed by atoms with Crippen molar-refractivity contribution in [1.29, 1.82) is 0 Å². The molecule has 0 fully saturated rings. The van der Waals surface area contributed by atoms with E-state index in [9.17, 15) is 19.2 Å². The fraction of sp³-hybridized carbons (Fsp3) is 0.364. The van der Waals surface area contributed by atoms with Crippen LogP contribution in [0.1, 0.15) is 93.5 Å². The molecule has 0 radical (unpaired) electrons. The average Bonchev–Trinajstić information content (AvgIpc) is 3.37. The van der Waals surface area contributed by atoms with E-state index in [4.69, 9.17) is 9.57 Å². The summed E-state index contributed by atoms with van der Waals surface area (Å²) >= 11 is 1.17. The summed E-state index contributed by atoms with van der Waals surface area (Å²) in [6.45, 7) is 16.6. The fourth-order valence-electron chi connectivity index (χ4n) is 3.85. The summed E-state index contributed by atoms with van der Waals surface area (Å²) in [4.78, 5) is 61.0. The highest BCUT2D eigenvalue weighted by Gasteiger charge is 2.25. The lowest BCUT2D eigenvalue weighted by Gasteiger charge is -2.27. The predicted molar refractivity (Wildman–Crippen MR) is 173 cm³/mol. The van der Waals surface area contributed by atoms with Gasteiger partial charge in [0.2, 0.25) is 6.41 Å². The maximum absolute atomic E-state index is 13.3. The van der Waals surface area contributed by atoms with Crippen LogP contribution in [0.4, 0.5) is 16.2 Å². The Morgan fingerprint density at radius 2 is 1.48 bits per heavy atom. The van der Waals surface area contributed by atoms with Crippen LogP contribution in [0.3, 0.4) is 0 Å². The van der Waals surface area contributed by atoms with Crippen molar-refractivity contribution in [3.8, 4) is 0 Å². The normalized spacial score (nSPS) is 12.3. The topological polar surface area (TPSA) is 126 Å². The van der Waals surface area contributed by atoms with Crippen molar-refractivity contribution in [3.05, 3.63) is 81.5 Å². The molecule has 1 aromatic heterocycles. The van der Waals surface area contributed by atoms with Gasteiger partial charge in [-0.25, -0.2) is 4.79 Å². The number of ether oxygens (including phenoxy) is 1. The van der Waals surface area contributed by atoms with Crippen LogP contribution in [-0.4, -0.2) is 46.4 Å². The summed E-state index contributed by atoms with van der Waals surface area (Å²) in [5.74, 6) is -0.920. The van der Waals surface area contributed by atoms with Gasteiger partial charge in [0.25, 0.3) is 11.8 Å². The van der Waals surface area contributed by atoms with Crippen molar-refractivity contribution in [1.82, 2.24) is 5.06 Å².